The van der Waals surface area contributed by atoms with Crippen molar-refractivity contribution in [2.75, 3.05) is 4.72 Å². The number of anilines is 1. The summed E-state index contributed by atoms with van der Waals surface area (Å²) in [5.41, 5.74) is 1.92. The second-order valence-electron chi connectivity index (χ2n) is 6.79. The van der Waals surface area contributed by atoms with Crippen LogP contribution in [0.3, 0.4) is 0 Å². The van der Waals surface area contributed by atoms with Crippen LogP contribution >= 0.6 is 11.6 Å². The van der Waals surface area contributed by atoms with E-state index in [-0.39, 0.29) is 16.8 Å². The zero-order valence-corrected chi connectivity index (χ0v) is 17.5. The Bertz CT molecular complexity index is 1210. The molecule has 30 heavy (non-hydrogen) atoms. The third kappa shape index (κ3) is 4.10. The number of hydrogen-bond donors (Lipinski definition) is 1. The van der Waals surface area contributed by atoms with Crippen LogP contribution in [-0.2, 0) is 14.8 Å². The topological polar surface area (TPSA) is 92.0 Å². The average molecular weight is 444 g/mol. The SMILES string of the molecule is CC(=O)N1N=C(c2ccc(NS(=O)(=O)c3cccc(Cl)c3)cc2)C[C@@H]1c1ccco1. The molecule has 2 heterocycles. The molecule has 0 unspecified atom stereocenters. The van der Waals surface area contributed by atoms with E-state index in [0.717, 1.165) is 11.3 Å². The average Bonchev–Trinajstić information content (AvgIpc) is 3.38. The highest BCUT2D eigenvalue weighted by atomic mass is 35.5. The third-order valence-corrected chi connectivity index (χ3v) is 6.30. The highest BCUT2D eigenvalue weighted by molar-refractivity contribution is 7.92. The Hall–Kier alpha value is -3.10. The van der Waals surface area contributed by atoms with Crippen LogP contribution in [0.25, 0.3) is 0 Å². The summed E-state index contributed by atoms with van der Waals surface area (Å²) in [4.78, 5) is 12.1. The quantitative estimate of drug-likeness (QED) is 0.631. The zero-order chi connectivity index (χ0) is 21.3. The summed E-state index contributed by atoms with van der Waals surface area (Å²) in [6, 6.07) is 16.2. The number of rotatable bonds is 5. The Balaban J connectivity index is 1.54. The van der Waals surface area contributed by atoms with Crippen LogP contribution in [0, 0.1) is 0 Å². The van der Waals surface area contributed by atoms with Crippen molar-refractivity contribution in [2.24, 2.45) is 5.10 Å². The summed E-state index contributed by atoms with van der Waals surface area (Å²) in [7, 11) is -3.76. The predicted octanol–water partition coefficient (Wildman–Crippen LogP) is 4.43. The molecule has 154 valence electrons. The molecule has 0 saturated carbocycles. The molecule has 9 heteroatoms. The first-order valence-electron chi connectivity index (χ1n) is 9.13. The largest absolute Gasteiger partial charge is 0.467 e. The molecule has 7 nitrogen and oxygen atoms in total. The number of hydrazone groups is 1. The van der Waals surface area contributed by atoms with Gasteiger partial charge in [-0.05, 0) is 48.0 Å². The van der Waals surface area contributed by atoms with Crippen LogP contribution in [0.15, 0.2) is 81.3 Å². The van der Waals surface area contributed by atoms with Crippen LogP contribution in [0.4, 0.5) is 5.69 Å². The lowest BCUT2D eigenvalue weighted by Crippen LogP contribution is -2.23. The van der Waals surface area contributed by atoms with Gasteiger partial charge in [0, 0.05) is 24.1 Å². The van der Waals surface area contributed by atoms with Crippen LogP contribution in [-0.4, -0.2) is 25.0 Å². The molecule has 2 aromatic carbocycles. The maximum atomic E-state index is 12.5. The Kier molecular flexibility index (Phi) is 5.36. The van der Waals surface area contributed by atoms with Gasteiger partial charge in [0.05, 0.1) is 16.9 Å². The molecular formula is C21H18ClN3O4S. The highest BCUT2D eigenvalue weighted by Crippen LogP contribution is 2.33. The van der Waals surface area contributed by atoms with Gasteiger partial charge in [-0.3, -0.25) is 9.52 Å². The summed E-state index contributed by atoms with van der Waals surface area (Å²) < 4.78 is 33.1. The smallest absolute Gasteiger partial charge is 0.261 e. The molecule has 0 saturated heterocycles. The molecule has 1 aliphatic heterocycles. The number of furan rings is 1. The van der Waals surface area contributed by atoms with Gasteiger partial charge in [0.1, 0.15) is 11.8 Å². The van der Waals surface area contributed by atoms with Crippen molar-refractivity contribution in [3.8, 4) is 0 Å². The Labute approximate surface area is 179 Å². The molecule has 1 aromatic heterocycles. The number of nitrogens with zero attached hydrogens (tertiary/aromatic N) is 2. The molecule has 1 N–H and O–H groups in total. The maximum absolute atomic E-state index is 12.5. The van der Waals surface area contributed by atoms with Crippen molar-refractivity contribution in [2.45, 2.75) is 24.3 Å². The van der Waals surface area contributed by atoms with E-state index in [1.54, 1.807) is 48.7 Å². The first kappa shape index (κ1) is 20.2. The fraction of sp³-hybridized carbons (Fsp3) is 0.143. The van der Waals surface area contributed by atoms with Gasteiger partial charge in [-0.1, -0.05) is 29.8 Å². The summed E-state index contributed by atoms with van der Waals surface area (Å²) in [6.45, 7) is 1.45. The van der Waals surface area contributed by atoms with Crippen LogP contribution in [0.5, 0.6) is 0 Å². The summed E-state index contributed by atoms with van der Waals surface area (Å²) >= 11 is 5.89. The van der Waals surface area contributed by atoms with Gasteiger partial charge in [0.25, 0.3) is 10.0 Å². The number of nitrogens with one attached hydrogen (secondary N) is 1. The Morgan fingerprint density at radius 3 is 2.57 bits per heavy atom. The van der Waals surface area contributed by atoms with Gasteiger partial charge in [-0.2, -0.15) is 5.10 Å². The molecule has 3 aromatic rings. The standard InChI is InChI=1S/C21H18ClN3O4S/c1-14(26)25-20(21-6-3-11-29-21)13-19(23-25)15-7-9-17(10-8-15)24-30(27,28)18-5-2-4-16(22)12-18/h2-12,20,24H,13H2,1H3/t20-/m1/s1. The number of amides is 1. The molecule has 0 fully saturated rings. The molecule has 1 amide bonds. The van der Waals surface area contributed by atoms with E-state index in [1.165, 1.54) is 24.1 Å². The van der Waals surface area contributed by atoms with E-state index in [0.29, 0.717) is 22.9 Å². The van der Waals surface area contributed by atoms with Crippen molar-refractivity contribution in [1.29, 1.82) is 0 Å². The molecule has 0 bridgehead atoms. The predicted molar refractivity (Wildman–Crippen MR) is 114 cm³/mol. The van der Waals surface area contributed by atoms with E-state index in [4.69, 9.17) is 16.0 Å². The van der Waals surface area contributed by atoms with Gasteiger partial charge >= 0.3 is 0 Å². The number of halogens is 1. The Morgan fingerprint density at radius 2 is 1.93 bits per heavy atom. The van der Waals surface area contributed by atoms with E-state index in [9.17, 15) is 13.2 Å². The van der Waals surface area contributed by atoms with Gasteiger partial charge in [-0.15, -0.1) is 0 Å². The zero-order valence-electron chi connectivity index (χ0n) is 15.9. The molecule has 0 radical (unpaired) electrons. The third-order valence-electron chi connectivity index (χ3n) is 4.68. The van der Waals surface area contributed by atoms with Crippen molar-refractivity contribution in [3.05, 3.63) is 83.3 Å². The van der Waals surface area contributed by atoms with E-state index in [2.05, 4.69) is 9.82 Å². The second-order valence-corrected chi connectivity index (χ2v) is 8.90. The first-order valence-corrected chi connectivity index (χ1v) is 11.0. The van der Waals surface area contributed by atoms with Crippen molar-refractivity contribution in [3.63, 3.8) is 0 Å². The summed E-state index contributed by atoms with van der Waals surface area (Å²) in [5, 5.41) is 6.19. The number of carbonyl (C=O) groups is 1. The lowest BCUT2D eigenvalue weighted by Gasteiger charge is -2.17. The minimum absolute atomic E-state index is 0.0811. The maximum Gasteiger partial charge on any atom is 0.261 e. The second kappa shape index (κ2) is 7.97. The van der Waals surface area contributed by atoms with E-state index in [1.807, 2.05) is 6.07 Å². The van der Waals surface area contributed by atoms with Crippen molar-refractivity contribution >= 4 is 38.9 Å². The number of hydrogen-bond acceptors (Lipinski definition) is 5. The molecule has 1 aliphatic rings. The van der Waals surface area contributed by atoms with Crippen molar-refractivity contribution in [1.82, 2.24) is 5.01 Å². The minimum Gasteiger partial charge on any atom is -0.467 e. The van der Waals surface area contributed by atoms with Gasteiger partial charge in [0.2, 0.25) is 5.91 Å². The lowest BCUT2D eigenvalue weighted by atomic mass is 10.0. The normalized spacial score (nSPS) is 16.4. The van der Waals surface area contributed by atoms with Gasteiger partial charge in [-0.25, -0.2) is 13.4 Å². The Morgan fingerprint density at radius 1 is 1.17 bits per heavy atom. The van der Waals surface area contributed by atoms with Crippen LogP contribution < -0.4 is 4.72 Å². The number of benzene rings is 2. The van der Waals surface area contributed by atoms with Gasteiger partial charge < -0.3 is 4.42 Å². The van der Waals surface area contributed by atoms with E-state index >= 15 is 0 Å². The summed E-state index contributed by atoms with van der Waals surface area (Å²) in [5.74, 6) is 0.479. The minimum atomic E-state index is -3.76. The molecule has 1 atom stereocenters. The van der Waals surface area contributed by atoms with Crippen molar-refractivity contribution < 1.29 is 17.6 Å². The summed E-state index contributed by atoms with van der Waals surface area (Å²) in [6.07, 6.45) is 2.06. The fourth-order valence-electron chi connectivity index (χ4n) is 3.26. The molecule has 0 aliphatic carbocycles. The van der Waals surface area contributed by atoms with E-state index < -0.39 is 10.0 Å². The monoisotopic (exact) mass is 443 g/mol. The molecule has 0 spiro atoms. The molecular weight excluding hydrogens is 426 g/mol. The number of sulfonamides is 1. The first-order chi connectivity index (χ1) is 14.3. The van der Waals surface area contributed by atoms with Crippen LogP contribution in [0.1, 0.15) is 30.7 Å². The lowest BCUT2D eigenvalue weighted by molar-refractivity contribution is -0.130. The highest BCUT2D eigenvalue weighted by Gasteiger charge is 2.33. The van der Waals surface area contributed by atoms with Crippen LogP contribution in [0.2, 0.25) is 5.02 Å². The number of carbonyl (C=O) groups excluding carboxylic acids is 1. The van der Waals surface area contributed by atoms with Gasteiger partial charge in [0.15, 0.2) is 0 Å². The fourth-order valence-corrected chi connectivity index (χ4v) is 4.62. The molecule has 4 rings (SSSR count).